The molecule has 0 unspecified atom stereocenters. The van der Waals surface area contributed by atoms with Crippen LogP contribution in [0.4, 0.5) is 17.1 Å². The molecule has 0 N–H and O–H groups in total. The van der Waals surface area contributed by atoms with Gasteiger partial charge in [-0.1, -0.05) is 71.3 Å². The molecular weight excluding hydrogens is 350 g/mol. The third kappa shape index (κ3) is 4.09. The number of rotatable bonds is 4. The molecule has 144 valence electrons. The molecule has 0 spiro atoms. The van der Waals surface area contributed by atoms with Crippen molar-refractivity contribution in [2.24, 2.45) is 0 Å². The third-order valence-electron chi connectivity index (χ3n) is 5.40. The Morgan fingerprint density at radius 3 is 1.31 bits per heavy atom. The molecule has 4 aromatic rings. The molecular formula is C28H27N. The van der Waals surface area contributed by atoms with Gasteiger partial charge in [-0.3, -0.25) is 0 Å². The second-order valence-corrected chi connectivity index (χ2v) is 7.87. The van der Waals surface area contributed by atoms with Crippen molar-refractivity contribution in [3.63, 3.8) is 0 Å². The Hall–Kier alpha value is -3.32. The SMILES string of the molecule is Cc1ccc(N(c2ccc(C)cc2)c2ccc(-c3ccc(C)cc3C)cc2)cc1. The van der Waals surface area contributed by atoms with Crippen molar-refractivity contribution >= 4 is 17.1 Å². The van der Waals surface area contributed by atoms with Crippen LogP contribution in [-0.4, -0.2) is 0 Å². The fourth-order valence-corrected chi connectivity index (χ4v) is 3.76. The van der Waals surface area contributed by atoms with Gasteiger partial charge in [0.1, 0.15) is 0 Å². The zero-order valence-electron chi connectivity index (χ0n) is 17.6. The summed E-state index contributed by atoms with van der Waals surface area (Å²) in [5.74, 6) is 0. The number of nitrogens with zero attached hydrogens (tertiary/aromatic N) is 1. The highest BCUT2D eigenvalue weighted by atomic mass is 15.1. The molecule has 29 heavy (non-hydrogen) atoms. The lowest BCUT2D eigenvalue weighted by molar-refractivity contribution is 1.27. The lowest BCUT2D eigenvalue weighted by Gasteiger charge is -2.26. The maximum atomic E-state index is 2.31. The van der Waals surface area contributed by atoms with Gasteiger partial charge in [0.15, 0.2) is 0 Å². The molecule has 0 saturated carbocycles. The van der Waals surface area contributed by atoms with Crippen LogP contribution in [0.1, 0.15) is 22.3 Å². The van der Waals surface area contributed by atoms with Crippen molar-refractivity contribution in [2.45, 2.75) is 27.7 Å². The number of aryl methyl sites for hydroxylation is 4. The van der Waals surface area contributed by atoms with E-state index in [-0.39, 0.29) is 0 Å². The Morgan fingerprint density at radius 1 is 0.448 bits per heavy atom. The van der Waals surface area contributed by atoms with E-state index in [0.29, 0.717) is 0 Å². The fraction of sp³-hybridized carbons (Fsp3) is 0.143. The van der Waals surface area contributed by atoms with Crippen molar-refractivity contribution in [2.75, 3.05) is 4.90 Å². The van der Waals surface area contributed by atoms with Gasteiger partial charge in [-0.2, -0.15) is 0 Å². The van der Waals surface area contributed by atoms with E-state index < -0.39 is 0 Å². The molecule has 0 aromatic heterocycles. The smallest absolute Gasteiger partial charge is 0.0462 e. The second-order valence-electron chi connectivity index (χ2n) is 7.87. The van der Waals surface area contributed by atoms with Gasteiger partial charge in [0.2, 0.25) is 0 Å². The first kappa shape index (κ1) is 19.0. The van der Waals surface area contributed by atoms with Crippen LogP contribution in [0.15, 0.2) is 91.0 Å². The number of anilines is 3. The highest BCUT2D eigenvalue weighted by molar-refractivity contribution is 5.78. The summed E-state index contributed by atoms with van der Waals surface area (Å²) in [4.78, 5) is 2.31. The minimum Gasteiger partial charge on any atom is -0.311 e. The van der Waals surface area contributed by atoms with Crippen LogP contribution < -0.4 is 4.90 Å². The molecule has 0 fully saturated rings. The Balaban J connectivity index is 1.76. The van der Waals surface area contributed by atoms with Gasteiger partial charge in [0.05, 0.1) is 0 Å². The van der Waals surface area contributed by atoms with Crippen LogP contribution in [0.3, 0.4) is 0 Å². The van der Waals surface area contributed by atoms with E-state index in [1.165, 1.54) is 44.8 Å². The minimum absolute atomic E-state index is 1.16. The van der Waals surface area contributed by atoms with E-state index >= 15 is 0 Å². The number of benzene rings is 4. The van der Waals surface area contributed by atoms with Crippen LogP contribution in [0.25, 0.3) is 11.1 Å². The molecule has 0 amide bonds. The monoisotopic (exact) mass is 377 g/mol. The summed E-state index contributed by atoms with van der Waals surface area (Å²) in [6.45, 7) is 8.57. The first-order chi connectivity index (χ1) is 14.0. The van der Waals surface area contributed by atoms with Gasteiger partial charge in [0.25, 0.3) is 0 Å². The number of hydrogen-bond donors (Lipinski definition) is 0. The van der Waals surface area contributed by atoms with Gasteiger partial charge in [-0.25, -0.2) is 0 Å². The first-order valence-electron chi connectivity index (χ1n) is 10.1. The molecule has 0 aliphatic heterocycles. The summed E-state index contributed by atoms with van der Waals surface area (Å²) >= 11 is 0. The van der Waals surface area contributed by atoms with E-state index in [1.807, 2.05) is 0 Å². The highest BCUT2D eigenvalue weighted by Gasteiger charge is 2.13. The van der Waals surface area contributed by atoms with Gasteiger partial charge in [0, 0.05) is 17.1 Å². The first-order valence-corrected chi connectivity index (χ1v) is 10.1. The minimum atomic E-state index is 1.16. The summed E-state index contributed by atoms with van der Waals surface area (Å²) < 4.78 is 0. The standard InChI is InChI=1S/C28H27N/c1-20-5-12-25(13-6-20)29(26-14-7-21(2)8-15-26)27-16-10-24(11-17-27)28-18-9-22(3)19-23(28)4/h5-19H,1-4H3. The predicted molar refractivity (Wildman–Crippen MR) is 126 cm³/mol. The van der Waals surface area contributed by atoms with E-state index in [9.17, 15) is 0 Å². The summed E-state index contributed by atoms with van der Waals surface area (Å²) in [5.41, 5.74) is 11.2. The lowest BCUT2D eigenvalue weighted by atomic mass is 9.98. The van der Waals surface area contributed by atoms with Gasteiger partial charge in [-0.05, 0) is 80.8 Å². The second kappa shape index (κ2) is 7.97. The summed E-state index contributed by atoms with van der Waals surface area (Å²) in [6, 6.07) is 32.9. The zero-order chi connectivity index (χ0) is 20.4. The van der Waals surface area contributed by atoms with Crippen LogP contribution in [0.5, 0.6) is 0 Å². The molecule has 4 aromatic carbocycles. The Morgan fingerprint density at radius 2 is 0.862 bits per heavy atom. The molecule has 0 heterocycles. The maximum Gasteiger partial charge on any atom is 0.0462 e. The van der Waals surface area contributed by atoms with E-state index in [4.69, 9.17) is 0 Å². The molecule has 0 aliphatic carbocycles. The molecule has 0 radical (unpaired) electrons. The third-order valence-corrected chi connectivity index (χ3v) is 5.40. The Kier molecular flexibility index (Phi) is 5.22. The molecule has 4 rings (SSSR count). The Bertz CT molecular complexity index is 1060. The summed E-state index contributed by atoms with van der Waals surface area (Å²) in [6.07, 6.45) is 0. The van der Waals surface area contributed by atoms with E-state index in [0.717, 1.165) is 5.69 Å². The molecule has 1 heteroatoms. The average Bonchev–Trinajstić information content (AvgIpc) is 2.72. The van der Waals surface area contributed by atoms with Crippen molar-refractivity contribution < 1.29 is 0 Å². The summed E-state index contributed by atoms with van der Waals surface area (Å²) in [5, 5.41) is 0. The number of hydrogen-bond acceptors (Lipinski definition) is 1. The Labute approximate surface area is 174 Å². The normalized spacial score (nSPS) is 10.8. The van der Waals surface area contributed by atoms with Crippen molar-refractivity contribution in [1.29, 1.82) is 0 Å². The van der Waals surface area contributed by atoms with Gasteiger partial charge >= 0.3 is 0 Å². The van der Waals surface area contributed by atoms with Crippen LogP contribution in [0.2, 0.25) is 0 Å². The van der Waals surface area contributed by atoms with Crippen LogP contribution in [0, 0.1) is 27.7 Å². The van der Waals surface area contributed by atoms with Crippen molar-refractivity contribution in [3.8, 4) is 11.1 Å². The topological polar surface area (TPSA) is 3.24 Å². The van der Waals surface area contributed by atoms with Crippen LogP contribution >= 0.6 is 0 Å². The van der Waals surface area contributed by atoms with Crippen LogP contribution in [-0.2, 0) is 0 Å². The largest absolute Gasteiger partial charge is 0.311 e. The fourth-order valence-electron chi connectivity index (χ4n) is 3.76. The molecule has 0 atom stereocenters. The van der Waals surface area contributed by atoms with E-state index in [2.05, 4.69) is 124 Å². The molecule has 0 bridgehead atoms. The van der Waals surface area contributed by atoms with E-state index in [1.54, 1.807) is 0 Å². The maximum absolute atomic E-state index is 2.31. The average molecular weight is 378 g/mol. The van der Waals surface area contributed by atoms with Gasteiger partial charge in [-0.15, -0.1) is 0 Å². The predicted octanol–water partition coefficient (Wildman–Crippen LogP) is 8.06. The molecule has 0 aliphatic rings. The zero-order valence-corrected chi connectivity index (χ0v) is 17.6. The van der Waals surface area contributed by atoms with Crippen molar-refractivity contribution in [3.05, 3.63) is 113 Å². The summed E-state index contributed by atoms with van der Waals surface area (Å²) in [7, 11) is 0. The molecule has 0 saturated heterocycles. The highest BCUT2D eigenvalue weighted by Crippen LogP contribution is 2.36. The molecule has 1 nitrogen and oxygen atoms in total. The lowest BCUT2D eigenvalue weighted by Crippen LogP contribution is -2.09. The van der Waals surface area contributed by atoms with Crippen molar-refractivity contribution in [1.82, 2.24) is 0 Å². The van der Waals surface area contributed by atoms with Gasteiger partial charge < -0.3 is 4.90 Å². The quantitative estimate of drug-likeness (QED) is 0.347.